The number of halogens is 1. The van der Waals surface area contributed by atoms with Crippen molar-refractivity contribution in [2.24, 2.45) is 10.9 Å². The van der Waals surface area contributed by atoms with E-state index in [4.69, 9.17) is 10.9 Å². The molecule has 0 aliphatic heterocycles. The fourth-order valence-corrected chi connectivity index (χ4v) is 2.92. The highest BCUT2D eigenvalue weighted by atomic mass is 32.1. The Morgan fingerprint density at radius 1 is 1.43 bits per heavy atom. The van der Waals surface area contributed by atoms with Crippen molar-refractivity contribution in [3.05, 3.63) is 57.0 Å². The average Bonchev–Trinajstić information content (AvgIpc) is 2.90. The summed E-state index contributed by atoms with van der Waals surface area (Å²) in [7, 11) is 0. The number of aryl methyl sites for hydroxylation is 1. The molecule has 1 atom stereocenters. The summed E-state index contributed by atoms with van der Waals surface area (Å²) in [6, 6.07) is 8.73. The first-order valence-corrected chi connectivity index (χ1v) is 7.38. The van der Waals surface area contributed by atoms with Crippen LogP contribution in [0.4, 0.5) is 4.39 Å². The van der Waals surface area contributed by atoms with Crippen LogP contribution in [0.25, 0.3) is 0 Å². The van der Waals surface area contributed by atoms with Crippen molar-refractivity contribution in [2.75, 3.05) is 0 Å². The summed E-state index contributed by atoms with van der Waals surface area (Å²) in [5.41, 5.74) is 6.61. The first-order valence-electron chi connectivity index (χ1n) is 6.56. The molecule has 1 aromatic carbocycles. The Labute approximate surface area is 127 Å². The average molecular weight is 307 g/mol. The highest BCUT2D eigenvalue weighted by Gasteiger charge is 2.09. The molecule has 1 heterocycles. The molecule has 4 nitrogen and oxygen atoms in total. The molecule has 0 radical (unpaired) electrons. The molecule has 0 bridgehead atoms. The maximum atomic E-state index is 13.6. The summed E-state index contributed by atoms with van der Waals surface area (Å²) in [6.45, 7) is 4.63. The van der Waals surface area contributed by atoms with Gasteiger partial charge in [-0.3, -0.25) is 0 Å². The van der Waals surface area contributed by atoms with E-state index in [1.807, 2.05) is 0 Å². The lowest BCUT2D eigenvalue weighted by atomic mass is 10.1. The van der Waals surface area contributed by atoms with Gasteiger partial charge in [0.15, 0.2) is 5.84 Å². The van der Waals surface area contributed by atoms with Gasteiger partial charge in [-0.2, -0.15) is 0 Å². The largest absolute Gasteiger partial charge is 0.409 e. The van der Waals surface area contributed by atoms with Crippen molar-refractivity contribution >= 4 is 17.2 Å². The molecule has 0 amide bonds. The molecule has 0 spiro atoms. The molecule has 0 aliphatic rings. The van der Waals surface area contributed by atoms with E-state index in [0.717, 1.165) is 5.56 Å². The van der Waals surface area contributed by atoms with E-state index in [-0.39, 0.29) is 11.9 Å². The van der Waals surface area contributed by atoms with Crippen LogP contribution < -0.4 is 11.1 Å². The molecule has 1 aromatic heterocycles. The summed E-state index contributed by atoms with van der Waals surface area (Å²) >= 11 is 1.74. The number of nitrogens with zero attached hydrogens (tertiary/aromatic N) is 1. The maximum absolute atomic E-state index is 13.6. The normalized spacial score (nSPS) is 13.4. The molecule has 6 heteroatoms. The SMILES string of the molecule is Cc1ccc(C(C)NCc2cc(F)cc(/C(N)=N/O)c2)s1. The molecule has 0 aliphatic carbocycles. The highest BCUT2D eigenvalue weighted by molar-refractivity contribution is 7.12. The van der Waals surface area contributed by atoms with Crippen LogP contribution in [-0.4, -0.2) is 11.0 Å². The molecular weight excluding hydrogens is 289 g/mol. The van der Waals surface area contributed by atoms with E-state index in [0.29, 0.717) is 12.1 Å². The van der Waals surface area contributed by atoms with Gasteiger partial charge in [-0.15, -0.1) is 11.3 Å². The molecule has 0 fully saturated rings. The Hall–Kier alpha value is -1.92. The second-order valence-corrected chi connectivity index (χ2v) is 6.20. The summed E-state index contributed by atoms with van der Waals surface area (Å²) in [4.78, 5) is 2.50. The number of hydrogen-bond donors (Lipinski definition) is 3. The molecule has 21 heavy (non-hydrogen) atoms. The van der Waals surface area contributed by atoms with E-state index in [2.05, 4.69) is 36.5 Å². The first kappa shape index (κ1) is 15.5. The third-order valence-electron chi connectivity index (χ3n) is 3.16. The van der Waals surface area contributed by atoms with Gasteiger partial charge in [-0.05, 0) is 49.7 Å². The number of thiophene rings is 1. The molecule has 2 aromatic rings. The van der Waals surface area contributed by atoms with Crippen LogP contribution in [-0.2, 0) is 6.54 Å². The summed E-state index contributed by atoms with van der Waals surface area (Å²) in [6.07, 6.45) is 0. The Kier molecular flexibility index (Phi) is 4.93. The van der Waals surface area contributed by atoms with Crippen molar-refractivity contribution in [1.82, 2.24) is 5.32 Å². The third kappa shape index (κ3) is 4.03. The van der Waals surface area contributed by atoms with Crippen LogP contribution in [0.3, 0.4) is 0 Å². The van der Waals surface area contributed by atoms with Gasteiger partial charge in [0.2, 0.25) is 0 Å². The van der Waals surface area contributed by atoms with Crippen molar-refractivity contribution in [3.63, 3.8) is 0 Å². The van der Waals surface area contributed by atoms with Gasteiger partial charge < -0.3 is 16.3 Å². The number of benzene rings is 1. The Morgan fingerprint density at radius 2 is 2.19 bits per heavy atom. The number of amidine groups is 1. The fraction of sp³-hybridized carbons (Fsp3) is 0.267. The molecule has 2 rings (SSSR count). The molecule has 0 saturated heterocycles. The minimum atomic E-state index is -0.407. The van der Waals surface area contributed by atoms with E-state index in [1.165, 1.54) is 21.9 Å². The third-order valence-corrected chi connectivity index (χ3v) is 4.34. The van der Waals surface area contributed by atoms with Crippen molar-refractivity contribution in [2.45, 2.75) is 26.4 Å². The Morgan fingerprint density at radius 3 is 2.81 bits per heavy atom. The Balaban J connectivity index is 2.08. The molecule has 112 valence electrons. The zero-order valence-corrected chi connectivity index (χ0v) is 12.7. The maximum Gasteiger partial charge on any atom is 0.170 e. The van der Waals surface area contributed by atoms with Crippen LogP contribution in [0.2, 0.25) is 0 Å². The van der Waals surface area contributed by atoms with E-state index in [9.17, 15) is 4.39 Å². The zero-order chi connectivity index (χ0) is 15.4. The van der Waals surface area contributed by atoms with Crippen LogP contribution in [0.15, 0.2) is 35.5 Å². The minimum absolute atomic E-state index is 0.0994. The van der Waals surface area contributed by atoms with Gasteiger partial charge in [0.1, 0.15) is 5.82 Å². The van der Waals surface area contributed by atoms with Crippen molar-refractivity contribution in [3.8, 4) is 0 Å². The molecular formula is C15H18FN3OS. The second-order valence-electron chi connectivity index (χ2n) is 4.88. The predicted octanol–water partition coefficient (Wildman–Crippen LogP) is 3.14. The van der Waals surface area contributed by atoms with Gasteiger partial charge in [0.05, 0.1) is 0 Å². The van der Waals surface area contributed by atoms with Crippen LogP contribution in [0.1, 0.15) is 33.8 Å². The summed E-state index contributed by atoms with van der Waals surface area (Å²) < 4.78 is 13.6. The minimum Gasteiger partial charge on any atom is -0.409 e. The Bertz CT molecular complexity index is 654. The molecule has 4 N–H and O–H groups in total. The van der Waals surface area contributed by atoms with Crippen LogP contribution >= 0.6 is 11.3 Å². The van der Waals surface area contributed by atoms with Gasteiger partial charge in [0.25, 0.3) is 0 Å². The number of rotatable bonds is 5. The van der Waals surface area contributed by atoms with E-state index >= 15 is 0 Å². The monoisotopic (exact) mass is 307 g/mol. The summed E-state index contributed by atoms with van der Waals surface area (Å²) in [5.74, 6) is -0.506. The highest BCUT2D eigenvalue weighted by Crippen LogP contribution is 2.22. The lowest BCUT2D eigenvalue weighted by molar-refractivity contribution is 0.318. The number of nitrogens with two attached hydrogens (primary N) is 1. The zero-order valence-electron chi connectivity index (χ0n) is 11.9. The first-order chi connectivity index (χ1) is 9.99. The van der Waals surface area contributed by atoms with Crippen LogP contribution in [0, 0.1) is 12.7 Å². The van der Waals surface area contributed by atoms with Crippen molar-refractivity contribution < 1.29 is 9.60 Å². The molecule has 1 unspecified atom stereocenters. The number of nitrogens with one attached hydrogen (secondary N) is 1. The molecule has 0 saturated carbocycles. The van der Waals surface area contributed by atoms with Gasteiger partial charge in [0, 0.05) is 27.9 Å². The lowest BCUT2D eigenvalue weighted by Crippen LogP contribution is -2.18. The van der Waals surface area contributed by atoms with Gasteiger partial charge in [-0.25, -0.2) is 4.39 Å². The number of hydrogen-bond acceptors (Lipinski definition) is 4. The fourth-order valence-electron chi connectivity index (χ4n) is 2.02. The van der Waals surface area contributed by atoms with Gasteiger partial charge >= 0.3 is 0 Å². The smallest absolute Gasteiger partial charge is 0.170 e. The summed E-state index contributed by atoms with van der Waals surface area (Å²) in [5, 5.41) is 14.9. The lowest BCUT2D eigenvalue weighted by Gasteiger charge is -2.13. The standard InChI is InChI=1S/C15H18FN3OS/c1-9-3-4-14(21-9)10(2)18-8-11-5-12(15(17)19-20)7-13(16)6-11/h3-7,10,18,20H,8H2,1-2H3,(H2,17,19). The number of oxime groups is 1. The predicted molar refractivity (Wildman–Crippen MR) is 83.2 cm³/mol. The van der Waals surface area contributed by atoms with Crippen molar-refractivity contribution in [1.29, 1.82) is 0 Å². The second kappa shape index (κ2) is 6.69. The van der Waals surface area contributed by atoms with Crippen LogP contribution in [0.5, 0.6) is 0 Å². The van der Waals surface area contributed by atoms with E-state index in [1.54, 1.807) is 17.4 Å². The quantitative estimate of drug-likeness (QED) is 0.344. The van der Waals surface area contributed by atoms with E-state index < -0.39 is 5.82 Å². The topological polar surface area (TPSA) is 70.6 Å². The van der Waals surface area contributed by atoms with Gasteiger partial charge in [-0.1, -0.05) is 5.16 Å².